The molecular weight excluding hydrogens is 342 g/mol. The molecule has 5 nitrogen and oxygen atoms in total. The molecule has 0 saturated heterocycles. The number of ether oxygens (including phenoxy) is 1. The summed E-state index contributed by atoms with van der Waals surface area (Å²) in [7, 11) is 5.83. The highest BCUT2D eigenvalue weighted by atomic mass is 16.5. The van der Waals surface area contributed by atoms with Gasteiger partial charge in [-0.25, -0.2) is 0 Å². The number of rotatable bonds is 17. The molecule has 0 amide bonds. The summed E-state index contributed by atoms with van der Waals surface area (Å²) in [5, 5.41) is 10.8. The Bertz CT molecular complexity index is 404. The van der Waals surface area contributed by atoms with Crippen molar-refractivity contribution in [3.05, 3.63) is 0 Å². The molecule has 0 spiro atoms. The lowest BCUT2D eigenvalue weighted by atomic mass is 9.99. The van der Waals surface area contributed by atoms with E-state index >= 15 is 0 Å². The van der Waals surface area contributed by atoms with Crippen molar-refractivity contribution in [2.45, 2.75) is 97.0 Å². The molecule has 5 heteroatoms. The number of carbonyl (C=O) groups is 2. The van der Waals surface area contributed by atoms with Gasteiger partial charge in [-0.3, -0.25) is 4.79 Å². The number of aliphatic carboxylic acids is 1. The van der Waals surface area contributed by atoms with Crippen molar-refractivity contribution in [3.63, 3.8) is 0 Å². The van der Waals surface area contributed by atoms with Gasteiger partial charge in [0.15, 0.2) is 6.10 Å². The number of likely N-dealkylation sites (N-methyl/N-ethyl adjacent to an activating group) is 1. The summed E-state index contributed by atoms with van der Waals surface area (Å²) in [6, 6.07) is 0. The maximum Gasteiger partial charge on any atom is 0.306 e. The van der Waals surface area contributed by atoms with Gasteiger partial charge in [-0.2, -0.15) is 0 Å². The summed E-state index contributed by atoms with van der Waals surface area (Å²) in [4.78, 5) is 22.8. The fourth-order valence-corrected chi connectivity index (χ4v) is 3.21. The highest BCUT2D eigenvalue weighted by Crippen LogP contribution is 2.15. The molecule has 0 bridgehead atoms. The van der Waals surface area contributed by atoms with Crippen LogP contribution in [0.2, 0.25) is 0 Å². The van der Waals surface area contributed by atoms with Gasteiger partial charge in [0.2, 0.25) is 0 Å². The van der Waals surface area contributed by atoms with Gasteiger partial charge in [0, 0.05) is 18.8 Å². The first kappa shape index (κ1) is 25.9. The van der Waals surface area contributed by atoms with Crippen molar-refractivity contribution in [1.29, 1.82) is 0 Å². The van der Waals surface area contributed by atoms with Crippen LogP contribution in [0.15, 0.2) is 0 Å². The van der Waals surface area contributed by atoms with E-state index in [4.69, 9.17) is 4.74 Å². The Hall–Kier alpha value is -1.10. The number of unbranched alkanes of at least 4 members (excludes halogenated alkanes) is 7. The third kappa shape index (κ3) is 18.0. The molecule has 0 aliphatic rings. The van der Waals surface area contributed by atoms with Gasteiger partial charge in [0.1, 0.15) is 6.54 Å². The van der Waals surface area contributed by atoms with E-state index in [1.165, 1.54) is 44.9 Å². The summed E-state index contributed by atoms with van der Waals surface area (Å²) < 4.78 is 5.91. The molecule has 0 aliphatic carbocycles. The van der Waals surface area contributed by atoms with Crippen LogP contribution >= 0.6 is 0 Å². The fourth-order valence-electron chi connectivity index (χ4n) is 3.21. The van der Waals surface area contributed by atoms with E-state index in [1.807, 2.05) is 21.1 Å². The number of quaternary nitrogens is 1. The minimum atomic E-state index is -1.18. The van der Waals surface area contributed by atoms with E-state index in [2.05, 4.69) is 13.8 Å². The minimum absolute atomic E-state index is 0.238. The van der Waals surface area contributed by atoms with E-state index in [9.17, 15) is 14.7 Å². The van der Waals surface area contributed by atoms with E-state index in [1.54, 1.807) is 0 Å². The second-order valence-electron chi connectivity index (χ2n) is 9.04. The second kappa shape index (κ2) is 14.9. The maximum atomic E-state index is 12.0. The van der Waals surface area contributed by atoms with Crippen molar-refractivity contribution >= 4 is 11.9 Å². The smallest absolute Gasteiger partial charge is 0.306 e. The largest absolute Gasteiger partial charge is 0.550 e. The van der Waals surface area contributed by atoms with Crippen LogP contribution in [0.3, 0.4) is 0 Å². The Morgan fingerprint density at radius 1 is 0.926 bits per heavy atom. The zero-order valence-electron chi connectivity index (χ0n) is 18.4. The first-order valence-electron chi connectivity index (χ1n) is 10.8. The molecule has 27 heavy (non-hydrogen) atoms. The van der Waals surface area contributed by atoms with Gasteiger partial charge in [-0.05, 0) is 12.3 Å². The lowest BCUT2D eigenvalue weighted by Crippen LogP contribution is -2.45. The van der Waals surface area contributed by atoms with Gasteiger partial charge >= 0.3 is 5.97 Å². The molecule has 0 saturated carbocycles. The van der Waals surface area contributed by atoms with Crippen LogP contribution in [0, 0.1) is 5.92 Å². The third-order valence-corrected chi connectivity index (χ3v) is 4.97. The Balaban J connectivity index is 3.73. The molecule has 0 aromatic heterocycles. The Kier molecular flexibility index (Phi) is 14.3. The SMILES string of the molecule is CCC(C)CCCCCCCCCCC(=O)OC(CC(=O)[O-])C[N+](C)(C)C. The zero-order valence-corrected chi connectivity index (χ0v) is 18.4. The lowest BCUT2D eigenvalue weighted by molar-refractivity contribution is -0.873. The number of hydrogen-bond donors (Lipinski definition) is 0. The standard InChI is InChI=1S/C22H43NO4/c1-6-19(2)15-13-11-9-7-8-10-12-14-16-22(26)27-20(17-21(24)25)18-23(3,4)5/h19-20H,6-18H2,1-5H3. The van der Waals surface area contributed by atoms with Gasteiger partial charge < -0.3 is 19.1 Å². The summed E-state index contributed by atoms with van der Waals surface area (Å²) >= 11 is 0. The maximum absolute atomic E-state index is 12.0. The first-order chi connectivity index (χ1) is 12.6. The van der Waals surface area contributed by atoms with Gasteiger partial charge in [-0.15, -0.1) is 0 Å². The highest BCUT2D eigenvalue weighted by molar-refractivity contribution is 5.70. The summed E-state index contributed by atoms with van der Waals surface area (Å²) in [6.45, 7) is 5.05. The molecule has 0 fully saturated rings. The average Bonchev–Trinajstić information content (AvgIpc) is 2.53. The zero-order chi connectivity index (χ0) is 20.7. The molecule has 0 heterocycles. The van der Waals surface area contributed by atoms with E-state index in [0.717, 1.165) is 25.2 Å². The average molecular weight is 386 g/mol. The molecule has 2 unspecified atom stereocenters. The number of carboxylic acid groups (broad SMARTS) is 1. The molecule has 0 radical (unpaired) electrons. The van der Waals surface area contributed by atoms with Crippen LogP contribution < -0.4 is 5.11 Å². The molecular formula is C22H43NO4. The summed E-state index contributed by atoms with van der Waals surface area (Å²) in [5.41, 5.74) is 0. The van der Waals surface area contributed by atoms with Crippen molar-refractivity contribution in [1.82, 2.24) is 0 Å². The van der Waals surface area contributed by atoms with Crippen molar-refractivity contribution in [3.8, 4) is 0 Å². The van der Waals surface area contributed by atoms with Crippen molar-refractivity contribution < 1.29 is 23.9 Å². The van der Waals surface area contributed by atoms with Crippen molar-refractivity contribution in [2.75, 3.05) is 27.7 Å². The van der Waals surface area contributed by atoms with Crippen LogP contribution in [-0.4, -0.2) is 50.2 Å². The number of hydrogen-bond acceptors (Lipinski definition) is 4. The molecule has 0 aromatic carbocycles. The summed E-state index contributed by atoms with van der Waals surface area (Å²) in [5.74, 6) is -0.608. The Morgan fingerprint density at radius 2 is 1.44 bits per heavy atom. The van der Waals surface area contributed by atoms with E-state index in [-0.39, 0.29) is 12.4 Å². The lowest BCUT2D eigenvalue weighted by Gasteiger charge is -2.29. The molecule has 0 rings (SSSR count). The van der Waals surface area contributed by atoms with Crippen LogP contribution in [0.1, 0.15) is 90.9 Å². The number of carbonyl (C=O) groups excluding carboxylic acids is 2. The van der Waals surface area contributed by atoms with Gasteiger partial charge in [0.25, 0.3) is 0 Å². The van der Waals surface area contributed by atoms with Crippen LogP contribution in [-0.2, 0) is 14.3 Å². The second-order valence-corrected chi connectivity index (χ2v) is 9.04. The molecule has 0 aromatic rings. The van der Waals surface area contributed by atoms with Crippen molar-refractivity contribution in [2.24, 2.45) is 5.92 Å². The third-order valence-electron chi connectivity index (χ3n) is 4.97. The predicted octanol–water partition coefficient (Wildman–Crippen LogP) is 3.69. The molecule has 0 N–H and O–H groups in total. The van der Waals surface area contributed by atoms with Crippen LogP contribution in [0.5, 0.6) is 0 Å². The molecule has 0 aliphatic heterocycles. The van der Waals surface area contributed by atoms with Gasteiger partial charge in [-0.1, -0.05) is 71.6 Å². The molecule has 2 atom stereocenters. The van der Waals surface area contributed by atoms with E-state index < -0.39 is 12.1 Å². The van der Waals surface area contributed by atoms with Crippen LogP contribution in [0.25, 0.3) is 0 Å². The Labute approximate surface area is 167 Å². The number of carboxylic acids is 1. The number of nitrogens with zero attached hydrogens (tertiary/aromatic N) is 1. The van der Waals surface area contributed by atoms with Gasteiger partial charge in [0.05, 0.1) is 21.1 Å². The quantitative estimate of drug-likeness (QED) is 0.218. The topological polar surface area (TPSA) is 66.4 Å². The normalized spacial score (nSPS) is 14.0. The van der Waals surface area contributed by atoms with E-state index in [0.29, 0.717) is 17.4 Å². The predicted molar refractivity (Wildman–Crippen MR) is 108 cm³/mol. The summed E-state index contributed by atoms with van der Waals surface area (Å²) in [6.07, 6.45) is 11.7. The Morgan fingerprint density at radius 3 is 1.93 bits per heavy atom. The minimum Gasteiger partial charge on any atom is -0.550 e. The monoisotopic (exact) mass is 385 g/mol. The fraction of sp³-hybridized carbons (Fsp3) is 0.909. The number of esters is 1. The van der Waals surface area contributed by atoms with Crippen LogP contribution in [0.4, 0.5) is 0 Å². The molecule has 160 valence electrons. The highest BCUT2D eigenvalue weighted by Gasteiger charge is 2.22. The first-order valence-corrected chi connectivity index (χ1v) is 10.8.